The fourth-order valence-electron chi connectivity index (χ4n) is 3.78. The quantitative estimate of drug-likeness (QED) is 0.825. The SMILES string of the molecule is CC(C)C1CN(CC2CCC2)C(C)(C2CC2)CN1. The highest BCUT2D eigenvalue weighted by Crippen LogP contribution is 2.45. The first kappa shape index (κ1) is 12.9. The highest BCUT2D eigenvalue weighted by molar-refractivity contribution is 5.05. The van der Waals surface area contributed by atoms with E-state index in [4.69, 9.17) is 0 Å². The van der Waals surface area contributed by atoms with Crippen LogP contribution < -0.4 is 5.32 Å². The molecule has 0 spiro atoms. The zero-order chi connectivity index (χ0) is 12.8. The molecule has 0 bridgehead atoms. The van der Waals surface area contributed by atoms with Crippen molar-refractivity contribution in [2.24, 2.45) is 17.8 Å². The highest BCUT2D eigenvalue weighted by Gasteiger charge is 2.49. The Bertz CT molecular complexity index is 293. The summed E-state index contributed by atoms with van der Waals surface area (Å²) in [6.45, 7) is 11.1. The van der Waals surface area contributed by atoms with Crippen molar-refractivity contribution in [3.05, 3.63) is 0 Å². The lowest BCUT2D eigenvalue weighted by molar-refractivity contribution is 0.00330. The predicted octanol–water partition coefficient (Wildman–Crippen LogP) is 2.89. The van der Waals surface area contributed by atoms with E-state index in [0.29, 0.717) is 11.6 Å². The molecule has 0 aromatic rings. The maximum Gasteiger partial charge on any atom is 0.0334 e. The third kappa shape index (κ3) is 2.34. The molecule has 1 saturated heterocycles. The maximum absolute atomic E-state index is 3.83. The summed E-state index contributed by atoms with van der Waals surface area (Å²) in [6.07, 6.45) is 7.37. The standard InChI is InChI=1S/C16H30N2/c1-12(2)15-10-18(9-13-5-4-6-13)16(3,11-17-15)14-7-8-14/h12-15,17H,4-11H2,1-3H3. The Morgan fingerprint density at radius 2 is 1.94 bits per heavy atom. The second kappa shape index (κ2) is 4.79. The van der Waals surface area contributed by atoms with Crippen LogP contribution in [0.2, 0.25) is 0 Å². The Morgan fingerprint density at radius 1 is 1.22 bits per heavy atom. The van der Waals surface area contributed by atoms with Crippen molar-refractivity contribution in [1.29, 1.82) is 0 Å². The van der Waals surface area contributed by atoms with Crippen LogP contribution in [0, 0.1) is 17.8 Å². The number of hydrogen-bond donors (Lipinski definition) is 1. The van der Waals surface area contributed by atoms with Gasteiger partial charge in [-0.1, -0.05) is 20.3 Å². The van der Waals surface area contributed by atoms with Gasteiger partial charge in [0.1, 0.15) is 0 Å². The third-order valence-electron chi connectivity index (χ3n) is 5.83. The van der Waals surface area contributed by atoms with Crippen molar-refractivity contribution in [3.8, 4) is 0 Å². The largest absolute Gasteiger partial charge is 0.311 e. The summed E-state index contributed by atoms with van der Waals surface area (Å²) >= 11 is 0. The summed E-state index contributed by atoms with van der Waals surface area (Å²) < 4.78 is 0. The minimum absolute atomic E-state index is 0.459. The molecule has 1 heterocycles. The average molecular weight is 250 g/mol. The van der Waals surface area contributed by atoms with Crippen LogP contribution in [-0.2, 0) is 0 Å². The van der Waals surface area contributed by atoms with Gasteiger partial charge in [-0.05, 0) is 50.4 Å². The van der Waals surface area contributed by atoms with Crippen LogP contribution in [0.1, 0.15) is 52.9 Å². The summed E-state index contributed by atoms with van der Waals surface area (Å²) in [4.78, 5) is 2.87. The number of nitrogens with zero attached hydrogens (tertiary/aromatic N) is 1. The molecule has 0 radical (unpaired) electrons. The Kier molecular flexibility index (Phi) is 3.44. The van der Waals surface area contributed by atoms with Crippen LogP contribution >= 0.6 is 0 Å². The molecule has 0 amide bonds. The first-order chi connectivity index (χ1) is 8.59. The molecular formula is C16H30N2. The first-order valence-corrected chi connectivity index (χ1v) is 8.08. The molecule has 2 unspecified atom stereocenters. The van der Waals surface area contributed by atoms with Gasteiger partial charge < -0.3 is 5.32 Å². The third-order valence-corrected chi connectivity index (χ3v) is 5.83. The van der Waals surface area contributed by atoms with Gasteiger partial charge in [-0.2, -0.15) is 0 Å². The van der Waals surface area contributed by atoms with Crippen LogP contribution in [-0.4, -0.2) is 36.1 Å². The molecule has 18 heavy (non-hydrogen) atoms. The highest BCUT2D eigenvalue weighted by atomic mass is 15.3. The van der Waals surface area contributed by atoms with E-state index in [1.807, 2.05) is 0 Å². The summed E-state index contributed by atoms with van der Waals surface area (Å²) in [5, 5.41) is 3.83. The Balaban J connectivity index is 1.68. The van der Waals surface area contributed by atoms with E-state index in [1.165, 1.54) is 51.7 Å². The van der Waals surface area contributed by atoms with Crippen LogP contribution in [0.25, 0.3) is 0 Å². The van der Waals surface area contributed by atoms with Crippen LogP contribution in [0.15, 0.2) is 0 Å². The smallest absolute Gasteiger partial charge is 0.0334 e. The number of hydrogen-bond acceptors (Lipinski definition) is 2. The van der Waals surface area contributed by atoms with E-state index in [0.717, 1.165) is 17.8 Å². The zero-order valence-corrected chi connectivity index (χ0v) is 12.4. The van der Waals surface area contributed by atoms with Crippen molar-refractivity contribution < 1.29 is 0 Å². The van der Waals surface area contributed by atoms with E-state index in [2.05, 4.69) is 31.0 Å². The molecule has 2 nitrogen and oxygen atoms in total. The summed E-state index contributed by atoms with van der Waals surface area (Å²) in [7, 11) is 0. The molecule has 3 fully saturated rings. The Hall–Kier alpha value is -0.0800. The number of nitrogens with one attached hydrogen (secondary N) is 1. The monoisotopic (exact) mass is 250 g/mol. The van der Waals surface area contributed by atoms with Gasteiger partial charge in [0, 0.05) is 31.2 Å². The van der Waals surface area contributed by atoms with Crippen LogP contribution in [0.3, 0.4) is 0 Å². The van der Waals surface area contributed by atoms with Crippen molar-refractivity contribution in [2.45, 2.75) is 64.5 Å². The number of rotatable bonds is 4. The normalized spacial score (nSPS) is 39.0. The number of piperazine rings is 1. The van der Waals surface area contributed by atoms with Gasteiger partial charge in [-0.3, -0.25) is 4.90 Å². The lowest BCUT2D eigenvalue weighted by atomic mass is 9.81. The van der Waals surface area contributed by atoms with Gasteiger partial charge in [0.2, 0.25) is 0 Å². The summed E-state index contributed by atoms with van der Waals surface area (Å²) in [5.74, 6) is 2.74. The van der Waals surface area contributed by atoms with E-state index < -0.39 is 0 Å². The average Bonchev–Trinajstić information content (AvgIpc) is 3.08. The summed E-state index contributed by atoms with van der Waals surface area (Å²) in [6, 6.07) is 0.705. The molecular weight excluding hydrogens is 220 g/mol. The van der Waals surface area contributed by atoms with Crippen molar-refractivity contribution in [1.82, 2.24) is 10.2 Å². The van der Waals surface area contributed by atoms with Gasteiger partial charge in [-0.25, -0.2) is 0 Å². The first-order valence-electron chi connectivity index (χ1n) is 8.08. The molecule has 2 heteroatoms. The Labute approximate surface area is 113 Å². The van der Waals surface area contributed by atoms with E-state index in [-0.39, 0.29) is 0 Å². The minimum atomic E-state index is 0.459. The van der Waals surface area contributed by atoms with Crippen molar-refractivity contribution >= 4 is 0 Å². The Morgan fingerprint density at radius 3 is 2.44 bits per heavy atom. The molecule has 1 N–H and O–H groups in total. The molecule has 1 aliphatic heterocycles. The van der Waals surface area contributed by atoms with Gasteiger partial charge >= 0.3 is 0 Å². The van der Waals surface area contributed by atoms with E-state index in [1.54, 1.807) is 0 Å². The lowest BCUT2D eigenvalue weighted by Gasteiger charge is -2.51. The van der Waals surface area contributed by atoms with Gasteiger partial charge in [0.25, 0.3) is 0 Å². The maximum atomic E-state index is 3.83. The fraction of sp³-hybridized carbons (Fsp3) is 1.00. The fourth-order valence-corrected chi connectivity index (χ4v) is 3.78. The molecule has 0 aromatic heterocycles. The molecule has 3 rings (SSSR count). The second-order valence-corrected chi connectivity index (χ2v) is 7.56. The van der Waals surface area contributed by atoms with Crippen LogP contribution in [0.5, 0.6) is 0 Å². The molecule has 2 saturated carbocycles. The van der Waals surface area contributed by atoms with Gasteiger partial charge in [0.05, 0.1) is 0 Å². The second-order valence-electron chi connectivity index (χ2n) is 7.56. The van der Waals surface area contributed by atoms with Gasteiger partial charge in [0.15, 0.2) is 0 Å². The molecule has 0 aromatic carbocycles. The molecule has 2 aliphatic carbocycles. The summed E-state index contributed by atoms with van der Waals surface area (Å²) in [5.41, 5.74) is 0.459. The molecule has 3 aliphatic rings. The van der Waals surface area contributed by atoms with Gasteiger partial charge in [-0.15, -0.1) is 0 Å². The van der Waals surface area contributed by atoms with Crippen molar-refractivity contribution in [3.63, 3.8) is 0 Å². The molecule has 104 valence electrons. The predicted molar refractivity (Wildman–Crippen MR) is 76.7 cm³/mol. The van der Waals surface area contributed by atoms with Crippen LogP contribution in [0.4, 0.5) is 0 Å². The molecule has 2 atom stereocenters. The minimum Gasteiger partial charge on any atom is -0.311 e. The zero-order valence-electron chi connectivity index (χ0n) is 12.4. The van der Waals surface area contributed by atoms with E-state index >= 15 is 0 Å². The topological polar surface area (TPSA) is 15.3 Å². The lowest BCUT2D eigenvalue weighted by Crippen LogP contribution is -2.66. The van der Waals surface area contributed by atoms with E-state index in [9.17, 15) is 0 Å². The van der Waals surface area contributed by atoms with Crippen molar-refractivity contribution in [2.75, 3.05) is 19.6 Å².